The smallest absolute Gasteiger partial charge is 0.308 e. The Hall–Kier alpha value is -0.830. The van der Waals surface area contributed by atoms with E-state index in [4.69, 9.17) is 4.74 Å². The Morgan fingerprint density at radius 1 is 1.44 bits per heavy atom. The largest absolute Gasteiger partial charge is 0.460 e. The van der Waals surface area contributed by atoms with Crippen molar-refractivity contribution in [2.24, 2.45) is 17.8 Å². The Labute approximate surface area is 109 Å². The van der Waals surface area contributed by atoms with Gasteiger partial charge in [-0.25, -0.2) is 0 Å². The van der Waals surface area contributed by atoms with E-state index >= 15 is 0 Å². The lowest BCUT2D eigenvalue weighted by molar-refractivity contribution is -0.159. The van der Waals surface area contributed by atoms with Crippen LogP contribution in [0.2, 0.25) is 0 Å². The van der Waals surface area contributed by atoms with Gasteiger partial charge in [0.25, 0.3) is 0 Å². The van der Waals surface area contributed by atoms with Crippen molar-refractivity contribution in [3.63, 3.8) is 0 Å². The van der Waals surface area contributed by atoms with E-state index in [-0.39, 0.29) is 18.3 Å². The summed E-state index contributed by atoms with van der Waals surface area (Å²) in [7, 11) is 0. The molecule has 0 aromatic carbocycles. The summed E-state index contributed by atoms with van der Waals surface area (Å²) >= 11 is 0. The molecule has 4 unspecified atom stereocenters. The fourth-order valence-electron chi connectivity index (χ4n) is 3.01. The topological polar surface area (TPSA) is 46.5 Å². The molecule has 0 aromatic rings. The maximum Gasteiger partial charge on any atom is 0.308 e. The van der Waals surface area contributed by atoms with Crippen molar-refractivity contribution in [3.8, 4) is 0 Å². The zero-order valence-corrected chi connectivity index (χ0v) is 11.6. The number of aliphatic hydroxyl groups excluding tert-OH is 1. The first-order valence-corrected chi connectivity index (χ1v) is 6.99. The summed E-state index contributed by atoms with van der Waals surface area (Å²) in [6, 6.07) is 0. The van der Waals surface area contributed by atoms with Crippen molar-refractivity contribution in [2.75, 3.05) is 0 Å². The molecule has 0 aliphatic heterocycles. The van der Waals surface area contributed by atoms with Crippen LogP contribution < -0.4 is 0 Å². The first-order chi connectivity index (χ1) is 8.41. The van der Waals surface area contributed by atoms with Gasteiger partial charge in [0.05, 0.1) is 12.5 Å². The molecule has 1 N–H and O–H groups in total. The molecule has 0 amide bonds. The van der Waals surface area contributed by atoms with Gasteiger partial charge < -0.3 is 9.84 Å². The molecule has 0 aromatic heterocycles. The van der Waals surface area contributed by atoms with Crippen molar-refractivity contribution in [2.45, 2.75) is 58.2 Å². The van der Waals surface area contributed by atoms with Crippen LogP contribution in [0.15, 0.2) is 12.2 Å². The van der Waals surface area contributed by atoms with Crippen LogP contribution in [0.3, 0.4) is 0 Å². The number of allylic oxidation sites excluding steroid dienone is 2. The summed E-state index contributed by atoms with van der Waals surface area (Å²) in [6.07, 6.45) is 6.97. The predicted molar refractivity (Wildman–Crippen MR) is 69.9 cm³/mol. The van der Waals surface area contributed by atoms with E-state index in [1.807, 2.05) is 20.8 Å². The molecule has 0 spiro atoms. The van der Waals surface area contributed by atoms with Gasteiger partial charge in [-0.15, -0.1) is 0 Å². The van der Waals surface area contributed by atoms with Gasteiger partial charge >= 0.3 is 5.97 Å². The van der Waals surface area contributed by atoms with Gasteiger partial charge in [0, 0.05) is 0 Å². The van der Waals surface area contributed by atoms with E-state index in [0.29, 0.717) is 11.8 Å². The maximum atomic E-state index is 11.8. The highest BCUT2D eigenvalue weighted by Crippen LogP contribution is 2.45. The lowest BCUT2D eigenvalue weighted by Crippen LogP contribution is -2.32. The van der Waals surface area contributed by atoms with Crippen molar-refractivity contribution in [1.29, 1.82) is 0 Å². The van der Waals surface area contributed by atoms with Crippen LogP contribution >= 0.6 is 0 Å². The molecular formula is C15H24O3. The number of fused-ring (bicyclic) bond motifs is 2. The SMILES string of the molecule is CCC(C)(C)OC(=O)CC(O)C1CC2C=CC1C2. The van der Waals surface area contributed by atoms with E-state index in [0.717, 1.165) is 19.3 Å². The van der Waals surface area contributed by atoms with E-state index in [9.17, 15) is 9.90 Å². The molecule has 2 bridgehead atoms. The fraction of sp³-hybridized carbons (Fsp3) is 0.800. The Bertz CT molecular complexity index is 346. The number of hydrogen-bond donors (Lipinski definition) is 1. The monoisotopic (exact) mass is 252 g/mol. The number of aliphatic hydroxyl groups is 1. The molecule has 0 heterocycles. The molecule has 3 nitrogen and oxygen atoms in total. The third-order valence-electron chi connectivity index (χ3n) is 4.44. The average Bonchev–Trinajstić information content (AvgIpc) is 2.89. The van der Waals surface area contributed by atoms with Gasteiger partial charge in [-0.2, -0.15) is 0 Å². The van der Waals surface area contributed by atoms with Crippen LogP contribution in [0.4, 0.5) is 0 Å². The number of carbonyl (C=O) groups excluding carboxylic acids is 1. The van der Waals surface area contributed by atoms with Gasteiger partial charge in [0.15, 0.2) is 0 Å². The molecule has 0 radical (unpaired) electrons. The summed E-state index contributed by atoms with van der Waals surface area (Å²) in [5.74, 6) is 1.06. The molecule has 4 atom stereocenters. The van der Waals surface area contributed by atoms with Crippen molar-refractivity contribution < 1.29 is 14.6 Å². The first-order valence-electron chi connectivity index (χ1n) is 6.99. The minimum atomic E-state index is -0.551. The summed E-state index contributed by atoms with van der Waals surface area (Å²) in [5, 5.41) is 10.2. The highest BCUT2D eigenvalue weighted by Gasteiger charge is 2.40. The first kappa shape index (κ1) is 13.6. The second-order valence-electron chi connectivity index (χ2n) is 6.30. The summed E-state index contributed by atoms with van der Waals surface area (Å²) in [6.45, 7) is 5.79. The minimum Gasteiger partial charge on any atom is -0.460 e. The van der Waals surface area contributed by atoms with Crippen LogP contribution in [0, 0.1) is 17.8 Å². The van der Waals surface area contributed by atoms with Gasteiger partial charge in [0.2, 0.25) is 0 Å². The second-order valence-corrected chi connectivity index (χ2v) is 6.30. The van der Waals surface area contributed by atoms with E-state index in [1.54, 1.807) is 0 Å². The Balaban J connectivity index is 1.83. The van der Waals surface area contributed by atoms with Gasteiger partial charge in [-0.1, -0.05) is 19.1 Å². The van der Waals surface area contributed by atoms with E-state index in [2.05, 4.69) is 12.2 Å². The van der Waals surface area contributed by atoms with E-state index in [1.165, 1.54) is 0 Å². The van der Waals surface area contributed by atoms with Gasteiger partial charge in [-0.05, 0) is 50.9 Å². The number of carbonyl (C=O) groups is 1. The van der Waals surface area contributed by atoms with Crippen LogP contribution in [0.25, 0.3) is 0 Å². The zero-order chi connectivity index (χ0) is 13.3. The average molecular weight is 252 g/mol. The lowest BCUT2D eigenvalue weighted by Gasteiger charge is -2.27. The highest BCUT2D eigenvalue weighted by atomic mass is 16.6. The van der Waals surface area contributed by atoms with Gasteiger partial charge in [0.1, 0.15) is 5.60 Å². The van der Waals surface area contributed by atoms with Crippen molar-refractivity contribution >= 4 is 5.97 Å². The Morgan fingerprint density at radius 2 is 2.17 bits per heavy atom. The van der Waals surface area contributed by atoms with Crippen LogP contribution in [-0.2, 0) is 9.53 Å². The molecule has 1 saturated carbocycles. The maximum absolute atomic E-state index is 11.8. The number of esters is 1. The molecule has 18 heavy (non-hydrogen) atoms. The summed E-state index contributed by atoms with van der Waals surface area (Å²) < 4.78 is 5.38. The third kappa shape index (κ3) is 2.94. The second kappa shape index (κ2) is 5.04. The molecule has 102 valence electrons. The van der Waals surface area contributed by atoms with Gasteiger partial charge in [-0.3, -0.25) is 4.79 Å². The molecular weight excluding hydrogens is 228 g/mol. The zero-order valence-electron chi connectivity index (χ0n) is 11.6. The highest BCUT2D eigenvalue weighted by molar-refractivity contribution is 5.70. The number of hydrogen-bond acceptors (Lipinski definition) is 3. The Kier molecular flexibility index (Phi) is 3.81. The standard InChI is InChI=1S/C15H24O3/c1-4-15(2,3)18-14(17)9-13(16)12-8-10-5-6-11(12)7-10/h5-6,10-13,16H,4,7-9H2,1-3H3. The van der Waals surface area contributed by atoms with E-state index < -0.39 is 11.7 Å². The Morgan fingerprint density at radius 3 is 2.67 bits per heavy atom. The molecule has 3 heteroatoms. The normalized spacial score (nSPS) is 31.7. The molecule has 2 aliphatic rings. The van der Waals surface area contributed by atoms with Crippen molar-refractivity contribution in [1.82, 2.24) is 0 Å². The predicted octanol–water partition coefficient (Wildman–Crippen LogP) is 2.68. The fourth-order valence-corrected chi connectivity index (χ4v) is 3.01. The molecule has 1 fully saturated rings. The molecule has 2 aliphatic carbocycles. The third-order valence-corrected chi connectivity index (χ3v) is 4.44. The quantitative estimate of drug-likeness (QED) is 0.604. The minimum absolute atomic E-state index is 0.130. The summed E-state index contributed by atoms with van der Waals surface area (Å²) in [4.78, 5) is 11.8. The molecule has 0 saturated heterocycles. The van der Waals surface area contributed by atoms with Crippen molar-refractivity contribution in [3.05, 3.63) is 12.2 Å². The lowest BCUT2D eigenvalue weighted by atomic mass is 9.87. The molecule has 2 rings (SSSR count). The number of ether oxygens (including phenoxy) is 1. The van der Waals surface area contributed by atoms with Crippen LogP contribution in [0.1, 0.15) is 46.5 Å². The van der Waals surface area contributed by atoms with Crippen LogP contribution in [-0.4, -0.2) is 22.8 Å². The van der Waals surface area contributed by atoms with Crippen LogP contribution in [0.5, 0.6) is 0 Å². The summed E-state index contributed by atoms with van der Waals surface area (Å²) in [5.41, 5.74) is -0.425. The number of rotatable bonds is 5.